The molecule has 0 aromatic carbocycles. The molecular weight excluding hydrogens is 278 g/mol. The summed E-state index contributed by atoms with van der Waals surface area (Å²) in [6.45, 7) is 3.67. The van der Waals surface area contributed by atoms with Crippen molar-refractivity contribution in [1.82, 2.24) is 24.8 Å². The molecule has 0 radical (unpaired) electrons. The van der Waals surface area contributed by atoms with Crippen LogP contribution in [0.25, 0.3) is 11.0 Å². The van der Waals surface area contributed by atoms with Gasteiger partial charge in [-0.1, -0.05) is 0 Å². The molecule has 0 bridgehead atoms. The van der Waals surface area contributed by atoms with Gasteiger partial charge in [-0.25, -0.2) is 9.97 Å². The molecule has 2 aromatic rings. The molecule has 2 aliphatic rings. The molecule has 3 heterocycles. The Kier molecular flexibility index (Phi) is 3.33. The zero-order valence-electron chi connectivity index (χ0n) is 12.9. The van der Waals surface area contributed by atoms with Gasteiger partial charge in [0.05, 0.1) is 0 Å². The second-order valence-corrected chi connectivity index (χ2v) is 6.44. The van der Waals surface area contributed by atoms with E-state index in [2.05, 4.69) is 26.9 Å². The second kappa shape index (κ2) is 5.35. The van der Waals surface area contributed by atoms with Crippen LogP contribution in [0.5, 0.6) is 0 Å². The summed E-state index contributed by atoms with van der Waals surface area (Å²) in [5.74, 6) is 0.431. The molecule has 1 aliphatic heterocycles. The van der Waals surface area contributed by atoms with Crippen LogP contribution in [0, 0.1) is 5.92 Å². The van der Waals surface area contributed by atoms with Crippen molar-refractivity contribution in [2.24, 2.45) is 5.92 Å². The minimum Gasteiger partial charge on any atom is -0.343 e. The van der Waals surface area contributed by atoms with Gasteiger partial charge in [-0.15, -0.1) is 0 Å². The molecular formula is C16H21N5O. The predicted molar refractivity (Wildman–Crippen MR) is 83.5 cm³/mol. The van der Waals surface area contributed by atoms with E-state index in [0.29, 0.717) is 5.91 Å². The van der Waals surface area contributed by atoms with E-state index in [4.69, 9.17) is 0 Å². The molecule has 0 saturated carbocycles. The highest BCUT2D eigenvalue weighted by Crippen LogP contribution is 2.31. The smallest absolute Gasteiger partial charge is 0.226 e. The SMILES string of the molecule is CN1CCN(C(=O)C2CCc3[nH]c4ncncc4c3C2)CC1. The number of carbonyl (C=O) groups is 1. The number of rotatable bonds is 1. The van der Waals surface area contributed by atoms with E-state index in [1.54, 1.807) is 6.33 Å². The summed E-state index contributed by atoms with van der Waals surface area (Å²) in [6, 6.07) is 0. The number of nitrogens with zero attached hydrogens (tertiary/aromatic N) is 4. The molecule has 1 saturated heterocycles. The lowest BCUT2D eigenvalue weighted by Gasteiger charge is -2.35. The number of nitrogens with one attached hydrogen (secondary N) is 1. The van der Waals surface area contributed by atoms with Gasteiger partial charge in [0.2, 0.25) is 5.91 Å². The summed E-state index contributed by atoms with van der Waals surface area (Å²) in [6.07, 6.45) is 6.10. The fourth-order valence-corrected chi connectivity index (χ4v) is 3.64. The first-order chi connectivity index (χ1) is 10.7. The van der Waals surface area contributed by atoms with Gasteiger partial charge in [0.1, 0.15) is 12.0 Å². The maximum Gasteiger partial charge on any atom is 0.226 e. The summed E-state index contributed by atoms with van der Waals surface area (Å²) >= 11 is 0. The molecule has 2 aromatic heterocycles. The summed E-state index contributed by atoms with van der Waals surface area (Å²) in [5, 5.41) is 1.08. The molecule has 22 heavy (non-hydrogen) atoms. The number of H-pyrrole nitrogens is 1. The third-order valence-electron chi connectivity index (χ3n) is 5.03. The van der Waals surface area contributed by atoms with Gasteiger partial charge < -0.3 is 14.8 Å². The van der Waals surface area contributed by atoms with Crippen LogP contribution in [0.15, 0.2) is 12.5 Å². The molecule has 6 heteroatoms. The number of hydrogen-bond donors (Lipinski definition) is 1. The Labute approximate surface area is 129 Å². The highest BCUT2D eigenvalue weighted by atomic mass is 16.2. The van der Waals surface area contributed by atoms with Crippen molar-refractivity contribution < 1.29 is 4.79 Å². The zero-order chi connectivity index (χ0) is 15.1. The van der Waals surface area contributed by atoms with Crippen molar-refractivity contribution in [3.8, 4) is 0 Å². The van der Waals surface area contributed by atoms with Crippen LogP contribution in [0.1, 0.15) is 17.7 Å². The number of piperazine rings is 1. The Morgan fingerprint density at radius 3 is 2.95 bits per heavy atom. The van der Waals surface area contributed by atoms with Crippen molar-refractivity contribution in [3.63, 3.8) is 0 Å². The average molecular weight is 299 g/mol. The molecule has 0 spiro atoms. The first-order valence-corrected chi connectivity index (χ1v) is 7.99. The average Bonchev–Trinajstić information content (AvgIpc) is 2.92. The minimum absolute atomic E-state index is 0.107. The van der Waals surface area contributed by atoms with Crippen molar-refractivity contribution in [2.45, 2.75) is 19.3 Å². The van der Waals surface area contributed by atoms with Crippen LogP contribution < -0.4 is 0 Å². The third-order valence-corrected chi connectivity index (χ3v) is 5.03. The van der Waals surface area contributed by atoms with Gasteiger partial charge in [-0.2, -0.15) is 0 Å². The molecule has 1 atom stereocenters. The standard InChI is InChI=1S/C16H21N5O/c1-20-4-6-21(7-5-20)16(22)11-2-3-14-12(8-11)13-9-17-10-18-15(13)19-14/h9-11H,2-8H2,1H3,(H,17,18,19). The Balaban J connectivity index is 1.55. The number of aryl methyl sites for hydroxylation is 1. The van der Waals surface area contributed by atoms with Crippen LogP contribution in [0.4, 0.5) is 0 Å². The summed E-state index contributed by atoms with van der Waals surface area (Å²) < 4.78 is 0. The fraction of sp³-hybridized carbons (Fsp3) is 0.562. The number of aromatic nitrogens is 3. The molecule has 4 rings (SSSR count). The molecule has 1 amide bonds. The maximum atomic E-state index is 12.8. The second-order valence-electron chi connectivity index (χ2n) is 6.44. The first-order valence-electron chi connectivity index (χ1n) is 7.99. The number of fused-ring (bicyclic) bond motifs is 3. The third kappa shape index (κ3) is 2.27. The van der Waals surface area contributed by atoms with E-state index < -0.39 is 0 Å². The highest BCUT2D eigenvalue weighted by Gasteiger charge is 2.31. The predicted octanol–water partition coefficient (Wildman–Crippen LogP) is 0.837. The number of aromatic amines is 1. The summed E-state index contributed by atoms with van der Waals surface area (Å²) in [5.41, 5.74) is 3.37. The lowest BCUT2D eigenvalue weighted by Crippen LogP contribution is -2.49. The van der Waals surface area contributed by atoms with E-state index in [-0.39, 0.29) is 5.92 Å². The minimum atomic E-state index is 0.107. The first kappa shape index (κ1) is 13.7. The quantitative estimate of drug-likeness (QED) is 0.847. The maximum absolute atomic E-state index is 12.8. The van der Waals surface area contributed by atoms with E-state index in [9.17, 15) is 4.79 Å². The molecule has 1 fully saturated rings. The Morgan fingerprint density at radius 1 is 1.32 bits per heavy atom. The van der Waals surface area contributed by atoms with Crippen LogP contribution in [-0.4, -0.2) is 63.9 Å². The van der Waals surface area contributed by atoms with E-state index in [1.165, 1.54) is 11.3 Å². The van der Waals surface area contributed by atoms with Crippen LogP contribution >= 0.6 is 0 Å². The van der Waals surface area contributed by atoms with Gasteiger partial charge in [-0.3, -0.25) is 4.79 Å². The van der Waals surface area contributed by atoms with Crippen molar-refractivity contribution in [2.75, 3.05) is 33.2 Å². The van der Waals surface area contributed by atoms with Crippen LogP contribution in [-0.2, 0) is 17.6 Å². The summed E-state index contributed by atoms with van der Waals surface area (Å²) in [4.78, 5) is 28.9. The Bertz CT molecular complexity index is 702. The zero-order valence-corrected chi connectivity index (χ0v) is 12.9. The van der Waals surface area contributed by atoms with Crippen molar-refractivity contribution in [3.05, 3.63) is 23.8 Å². The van der Waals surface area contributed by atoms with Gasteiger partial charge in [0.25, 0.3) is 0 Å². The number of amides is 1. The normalized spacial score (nSPS) is 22.8. The van der Waals surface area contributed by atoms with Gasteiger partial charge in [0, 0.05) is 49.4 Å². The largest absolute Gasteiger partial charge is 0.343 e. The monoisotopic (exact) mass is 299 g/mol. The topological polar surface area (TPSA) is 65.1 Å². The molecule has 1 N–H and O–H groups in total. The van der Waals surface area contributed by atoms with Crippen LogP contribution in [0.2, 0.25) is 0 Å². The van der Waals surface area contributed by atoms with E-state index in [1.807, 2.05) is 11.1 Å². The van der Waals surface area contributed by atoms with E-state index in [0.717, 1.165) is 56.5 Å². The number of hydrogen-bond acceptors (Lipinski definition) is 4. The summed E-state index contributed by atoms with van der Waals surface area (Å²) in [7, 11) is 2.11. The molecule has 1 unspecified atom stereocenters. The van der Waals surface area contributed by atoms with Crippen LogP contribution in [0.3, 0.4) is 0 Å². The van der Waals surface area contributed by atoms with E-state index >= 15 is 0 Å². The molecule has 1 aliphatic carbocycles. The number of likely N-dealkylation sites (N-methyl/N-ethyl adjacent to an activating group) is 1. The van der Waals surface area contributed by atoms with Gasteiger partial charge in [0.15, 0.2) is 0 Å². The van der Waals surface area contributed by atoms with Gasteiger partial charge in [-0.05, 0) is 31.9 Å². The lowest BCUT2D eigenvalue weighted by atomic mass is 9.85. The van der Waals surface area contributed by atoms with Gasteiger partial charge >= 0.3 is 0 Å². The Morgan fingerprint density at radius 2 is 2.14 bits per heavy atom. The van der Waals surface area contributed by atoms with Crippen molar-refractivity contribution >= 4 is 16.9 Å². The molecule has 116 valence electrons. The molecule has 6 nitrogen and oxygen atoms in total. The lowest BCUT2D eigenvalue weighted by molar-refractivity contribution is -0.137. The van der Waals surface area contributed by atoms with Crippen molar-refractivity contribution in [1.29, 1.82) is 0 Å². The Hall–Kier alpha value is -1.95. The fourth-order valence-electron chi connectivity index (χ4n) is 3.64. The highest BCUT2D eigenvalue weighted by molar-refractivity contribution is 5.84. The number of carbonyl (C=O) groups excluding carboxylic acids is 1.